The number of nitro groups is 1. The summed E-state index contributed by atoms with van der Waals surface area (Å²) in [6.45, 7) is 1.94. The van der Waals surface area contributed by atoms with Crippen LogP contribution in [0.1, 0.15) is 19.0 Å². The fraction of sp³-hybridized carbons (Fsp3) is 0.273. The van der Waals surface area contributed by atoms with Gasteiger partial charge in [0.1, 0.15) is 5.69 Å². The Balaban J connectivity index is 2.59. The highest BCUT2D eigenvalue weighted by molar-refractivity contribution is 5.72. The van der Waals surface area contributed by atoms with Crippen LogP contribution in [0.4, 0.5) is 5.69 Å². The number of hydrogen-bond donors (Lipinski definition) is 1. The number of hydrogen-bond acceptors (Lipinski definition) is 4. The molecule has 1 aromatic rings. The third kappa shape index (κ3) is 4.42. The predicted octanol–water partition coefficient (Wildman–Crippen LogP) is 1.53. The SMILES string of the molecule is CC(=O)NCCC=Cc1ncccc1[N+](=O)[O-]. The van der Waals surface area contributed by atoms with Crippen molar-refractivity contribution in [2.75, 3.05) is 6.54 Å². The molecule has 0 fully saturated rings. The zero-order valence-corrected chi connectivity index (χ0v) is 9.42. The van der Waals surface area contributed by atoms with E-state index < -0.39 is 4.92 Å². The number of rotatable bonds is 5. The van der Waals surface area contributed by atoms with E-state index in [4.69, 9.17) is 0 Å². The van der Waals surface area contributed by atoms with Gasteiger partial charge in [0.05, 0.1) is 4.92 Å². The molecule has 0 aliphatic heterocycles. The van der Waals surface area contributed by atoms with Gasteiger partial charge in [-0.2, -0.15) is 0 Å². The first-order chi connectivity index (χ1) is 8.11. The average Bonchev–Trinajstić information content (AvgIpc) is 2.28. The van der Waals surface area contributed by atoms with E-state index in [1.165, 1.54) is 25.3 Å². The molecule has 0 spiro atoms. The number of pyridine rings is 1. The molecule has 0 radical (unpaired) electrons. The number of carbonyl (C=O) groups is 1. The molecule has 1 amide bonds. The van der Waals surface area contributed by atoms with Crippen molar-refractivity contribution in [2.24, 2.45) is 0 Å². The van der Waals surface area contributed by atoms with Crippen molar-refractivity contribution < 1.29 is 9.72 Å². The molecule has 0 saturated carbocycles. The lowest BCUT2D eigenvalue weighted by Gasteiger charge is -1.97. The molecule has 0 atom stereocenters. The Hall–Kier alpha value is -2.24. The van der Waals surface area contributed by atoms with Crippen LogP contribution in [-0.2, 0) is 4.79 Å². The van der Waals surface area contributed by atoms with Gasteiger partial charge >= 0.3 is 0 Å². The largest absolute Gasteiger partial charge is 0.356 e. The topological polar surface area (TPSA) is 85.1 Å². The summed E-state index contributed by atoms with van der Waals surface area (Å²) >= 11 is 0. The van der Waals surface area contributed by atoms with E-state index in [2.05, 4.69) is 10.3 Å². The van der Waals surface area contributed by atoms with Gasteiger partial charge < -0.3 is 5.32 Å². The predicted molar refractivity (Wildman–Crippen MR) is 63.2 cm³/mol. The molecule has 0 aliphatic rings. The number of nitrogens with zero attached hydrogens (tertiary/aromatic N) is 2. The summed E-state index contributed by atoms with van der Waals surface area (Å²) in [6, 6.07) is 2.92. The highest BCUT2D eigenvalue weighted by Gasteiger charge is 2.10. The third-order valence-corrected chi connectivity index (χ3v) is 1.97. The Morgan fingerprint density at radius 2 is 2.41 bits per heavy atom. The van der Waals surface area contributed by atoms with Crippen LogP contribution in [0.15, 0.2) is 24.4 Å². The Morgan fingerprint density at radius 1 is 1.65 bits per heavy atom. The minimum absolute atomic E-state index is 0.0247. The van der Waals surface area contributed by atoms with Crippen LogP contribution in [0.5, 0.6) is 0 Å². The first-order valence-electron chi connectivity index (χ1n) is 5.11. The summed E-state index contributed by atoms with van der Waals surface area (Å²) < 4.78 is 0. The lowest BCUT2D eigenvalue weighted by Crippen LogP contribution is -2.20. The van der Waals surface area contributed by atoms with Crippen molar-refractivity contribution in [2.45, 2.75) is 13.3 Å². The van der Waals surface area contributed by atoms with Gasteiger partial charge in [0.25, 0.3) is 5.69 Å². The van der Waals surface area contributed by atoms with E-state index in [9.17, 15) is 14.9 Å². The molecule has 0 aromatic carbocycles. The van der Waals surface area contributed by atoms with Gasteiger partial charge in [0.15, 0.2) is 0 Å². The molecule has 0 unspecified atom stereocenters. The molecule has 6 heteroatoms. The maximum Gasteiger partial charge on any atom is 0.294 e. The zero-order chi connectivity index (χ0) is 12.7. The van der Waals surface area contributed by atoms with Crippen molar-refractivity contribution in [1.82, 2.24) is 10.3 Å². The Kier molecular flexibility index (Phi) is 4.80. The van der Waals surface area contributed by atoms with Crippen molar-refractivity contribution in [3.63, 3.8) is 0 Å². The Labute approximate surface area is 98.5 Å². The van der Waals surface area contributed by atoms with E-state index in [-0.39, 0.29) is 11.6 Å². The maximum absolute atomic E-state index is 10.7. The second-order valence-corrected chi connectivity index (χ2v) is 3.34. The van der Waals surface area contributed by atoms with E-state index in [1.807, 2.05) is 0 Å². The zero-order valence-electron chi connectivity index (χ0n) is 9.42. The minimum atomic E-state index is -0.472. The summed E-state index contributed by atoms with van der Waals surface area (Å²) in [7, 11) is 0. The third-order valence-electron chi connectivity index (χ3n) is 1.97. The van der Waals surface area contributed by atoms with Gasteiger partial charge in [-0.1, -0.05) is 6.08 Å². The lowest BCUT2D eigenvalue weighted by atomic mass is 10.2. The summed E-state index contributed by atoms with van der Waals surface area (Å²) in [4.78, 5) is 24.7. The van der Waals surface area contributed by atoms with Crippen LogP contribution >= 0.6 is 0 Å². The van der Waals surface area contributed by atoms with Crippen molar-refractivity contribution in [3.8, 4) is 0 Å². The fourth-order valence-corrected chi connectivity index (χ4v) is 1.22. The second kappa shape index (κ2) is 6.37. The van der Waals surface area contributed by atoms with Crippen LogP contribution in [0.3, 0.4) is 0 Å². The fourth-order valence-electron chi connectivity index (χ4n) is 1.22. The van der Waals surface area contributed by atoms with Crippen molar-refractivity contribution >= 4 is 17.7 Å². The summed E-state index contributed by atoms with van der Waals surface area (Å²) in [5, 5.41) is 13.3. The van der Waals surface area contributed by atoms with Gasteiger partial charge in [0.2, 0.25) is 5.91 Å². The molecule has 1 aromatic heterocycles. The molecular formula is C11H13N3O3. The van der Waals surface area contributed by atoms with Crippen molar-refractivity contribution in [1.29, 1.82) is 0 Å². The van der Waals surface area contributed by atoms with Gasteiger partial charge in [-0.05, 0) is 18.6 Å². The maximum atomic E-state index is 10.7. The highest BCUT2D eigenvalue weighted by atomic mass is 16.6. The van der Waals surface area contributed by atoms with Crippen molar-refractivity contribution in [3.05, 3.63) is 40.2 Å². The van der Waals surface area contributed by atoms with E-state index >= 15 is 0 Å². The standard InChI is InChI=1S/C11H13N3O3/c1-9(15)12-7-3-2-5-10-11(14(16)17)6-4-8-13-10/h2,4-6,8H,3,7H2,1H3,(H,12,15). The summed E-state index contributed by atoms with van der Waals surface area (Å²) in [5.74, 6) is -0.0952. The first-order valence-corrected chi connectivity index (χ1v) is 5.11. The summed E-state index contributed by atoms with van der Waals surface area (Å²) in [5.41, 5.74) is 0.295. The molecule has 1 heterocycles. The number of carbonyl (C=O) groups excluding carboxylic acids is 1. The quantitative estimate of drug-likeness (QED) is 0.476. The normalized spacial score (nSPS) is 10.4. The van der Waals surface area contributed by atoms with Gasteiger partial charge in [-0.25, -0.2) is 4.98 Å². The Bertz CT molecular complexity index is 443. The summed E-state index contributed by atoms with van der Waals surface area (Å²) in [6.07, 6.45) is 5.43. The second-order valence-electron chi connectivity index (χ2n) is 3.34. The average molecular weight is 235 g/mol. The highest BCUT2D eigenvalue weighted by Crippen LogP contribution is 2.16. The molecule has 1 rings (SSSR count). The smallest absolute Gasteiger partial charge is 0.294 e. The first kappa shape index (κ1) is 12.8. The molecule has 1 N–H and O–H groups in total. The molecule has 17 heavy (non-hydrogen) atoms. The number of aromatic nitrogens is 1. The molecular weight excluding hydrogens is 222 g/mol. The molecule has 6 nitrogen and oxygen atoms in total. The monoisotopic (exact) mass is 235 g/mol. The minimum Gasteiger partial charge on any atom is -0.356 e. The Morgan fingerprint density at radius 3 is 3.06 bits per heavy atom. The van der Waals surface area contributed by atoms with Crippen LogP contribution in [0, 0.1) is 10.1 Å². The van der Waals surface area contributed by atoms with E-state index in [1.54, 1.807) is 12.2 Å². The van der Waals surface area contributed by atoms with Crippen LogP contribution in [0.25, 0.3) is 6.08 Å². The van der Waals surface area contributed by atoms with E-state index in [0.717, 1.165) is 0 Å². The molecule has 90 valence electrons. The molecule has 0 saturated heterocycles. The van der Waals surface area contributed by atoms with Crippen LogP contribution in [-0.4, -0.2) is 22.4 Å². The van der Waals surface area contributed by atoms with E-state index in [0.29, 0.717) is 18.7 Å². The van der Waals surface area contributed by atoms with Gasteiger partial charge in [-0.15, -0.1) is 0 Å². The van der Waals surface area contributed by atoms with Crippen LogP contribution in [0.2, 0.25) is 0 Å². The number of nitrogens with one attached hydrogen (secondary N) is 1. The van der Waals surface area contributed by atoms with Gasteiger partial charge in [-0.3, -0.25) is 14.9 Å². The molecule has 0 bridgehead atoms. The molecule has 0 aliphatic carbocycles. The van der Waals surface area contributed by atoms with Crippen LogP contribution < -0.4 is 5.32 Å². The van der Waals surface area contributed by atoms with Gasteiger partial charge in [0, 0.05) is 25.7 Å². The lowest BCUT2D eigenvalue weighted by molar-refractivity contribution is -0.385. The number of amides is 1.